The number of benzene rings is 2. The Morgan fingerprint density at radius 3 is 2.63 bits per heavy atom. The van der Waals surface area contributed by atoms with Crippen LogP contribution in [0.25, 0.3) is 10.9 Å². The number of ether oxygens (including phenoxy) is 1. The highest BCUT2D eigenvalue weighted by atomic mass is 32.2. The van der Waals surface area contributed by atoms with Gasteiger partial charge in [-0.15, -0.1) is 0 Å². The van der Waals surface area contributed by atoms with Gasteiger partial charge in [-0.1, -0.05) is 6.07 Å². The predicted octanol–water partition coefficient (Wildman–Crippen LogP) is 2.44. The van der Waals surface area contributed by atoms with Gasteiger partial charge < -0.3 is 15.0 Å². The Labute approximate surface area is 157 Å². The molecule has 0 aliphatic carbocycles. The third-order valence-electron chi connectivity index (χ3n) is 4.81. The molecule has 1 saturated heterocycles. The molecule has 142 valence electrons. The second-order valence-corrected chi connectivity index (χ2v) is 8.17. The van der Waals surface area contributed by atoms with Crippen LogP contribution in [-0.2, 0) is 10.0 Å². The Morgan fingerprint density at radius 2 is 1.89 bits per heavy atom. The van der Waals surface area contributed by atoms with Crippen molar-refractivity contribution >= 4 is 26.6 Å². The number of aromatic nitrogens is 1. The van der Waals surface area contributed by atoms with E-state index in [9.17, 15) is 12.8 Å². The molecule has 0 radical (unpaired) electrons. The van der Waals surface area contributed by atoms with Crippen molar-refractivity contribution in [2.24, 2.45) is 0 Å². The van der Waals surface area contributed by atoms with Gasteiger partial charge >= 0.3 is 0 Å². The number of piperazine rings is 1. The Morgan fingerprint density at radius 1 is 1.11 bits per heavy atom. The summed E-state index contributed by atoms with van der Waals surface area (Å²) in [5.74, 6) is 0.178. The number of nitrogens with one attached hydrogen (secondary N) is 1. The maximum absolute atomic E-state index is 14.0. The van der Waals surface area contributed by atoms with Crippen molar-refractivity contribution in [2.45, 2.75) is 4.90 Å². The molecular weight excluding hydrogens is 369 g/mol. The monoisotopic (exact) mass is 389 g/mol. The summed E-state index contributed by atoms with van der Waals surface area (Å²) in [7, 11) is -2.31. The Kier molecular flexibility index (Phi) is 4.53. The van der Waals surface area contributed by atoms with Crippen LogP contribution in [0, 0.1) is 5.82 Å². The number of methoxy groups -OCH3 is 1. The van der Waals surface area contributed by atoms with E-state index in [1.54, 1.807) is 25.3 Å². The molecule has 3 aromatic rings. The number of fused-ring (bicyclic) bond motifs is 1. The second kappa shape index (κ2) is 6.86. The van der Waals surface area contributed by atoms with Crippen molar-refractivity contribution in [1.82, 2.24) is 9.29 Å². The lowest BCUT2D eigenvalue weighted by molar-refractivity contribution is 0.412. The summed E-state index contributed by atoms with van der Waals surface area (Å²) in [5.41, 5.74) is 1.05. The van der Waals surface area contributed by atoms with Crippen LogP contribution < -0.4 is 15.0 Å². The van der Waals surface area contributed by atoms with E-state index in [0.717, 1.165) is 35.8 Å². The van der Waals surface area contributed by atoms with Gasteiger partial charge in [0.25, 0.3) is 10.0 Å². The van der Waals surface area contributed by atoms with Crippen LogP contribution in [0.2, 0.25) is 0 Å². The number of hydrogen-bond donors (Lipinski definition) is 1. The fourth-order valence-corrected chi connectivity index (χ4v) is 4.78. The SMILES string of the molecule is COc1ccc(S(=O)(=O)n2ccc3c(F)cccc32)cc1N1CCNCC1. The van der Waals surface area contributed by atoms with E-state index in [-0.39, 0.29) is 10.3 Å². The minimum atomic E-state index is -3.87. The first-order valence-corrected chi connectivity index (χ1v) is 10.1. The average molecular weight is 389 g/mol. The van der Waals surface area contributed by atoms with Crippen molar-refractivity contribution in [3.63, 3.8) is 0 Å². The van der Waals surface area contributed by atoms with Crippen LogP contribution in [-0.4, -0.2) is 45.7 Å². The molecule has 1 fully saturated rings. The maximum Gasteiger partial charge on any atom is 0.268 e. The van der Waals surface area contributed by atoms with Gasteiger partial charge in [-0.05, 0) is 36.4 Å². The number of anilines is 1. The maximum atomic E-state index is 14.0. The van der Waals surface area contributed by atoms with E-state index in [4.69, 9.17) is 4.74 Å². The molecule has 0 bridgehead atoms. The predicted molar refractivity (Wildman–Crippen MR) is 103 cm³/mol. The highest BCUT2D eigenvalue weighted by molar-refractivity contribution is 7.90. The zero-order chi connectivity index (χ0) is 19.0. The summed E-state index contributed by atoms with van der Waals surface area (Å²) < 4.78 is 47.0. The van der Waals surface area contributed by atoms with Crippen LogP contribution in [0.3, 0.4) is 0 Å². The van der Waals surface area contributed by atoms with Gasteiger partial charge in [0.15, 0.2) is 0 Å². The fourth-order valence-electron chi connectivity index (χ4n) is 3.41. The molecular formula is C19H20FN3O3S. The molecule has 27 heavy (non-hydrogen) atoms. The lowest BCUT2D eigenvalue weighted by Crippen LogP contribution is -2.43. The third kappa shape index (κ3) is 3.04. The molecule has 0 atom stereocenters. The zero-order valence-electron chi connectivity index (χ0n) is 14.9. The van der Waals surface area contributed by atoms with Crippen LogP contribution >= 0.6 is 0 Å². The van der Waals surface area contributed by atoms with Gasteiger partial charge in [0.05, 0.1) is 23.2 Å². The van der Waals surface area contributed by atoms with Crippen LogP contribution in [0.1, 0.15) is 0 Å². The van der Waals surface area contributed by atoms with Crippen LogP contribution in [0.5, 0.6) is 5.75 Å². The first-order valence-electron chi connectivity index (χ1n) is 8.67. The minimum absolute atomic E-state index is 0.138. The molecule has 1 aliphatic heterocycles. The highest BCUT2D eigenvalue weighted by Gasteiger charge is 2.23. The van der Waals surface area contributed by atoms with E-state index >= 15 is 0 Å². The minimum Gasteiger partial charge on any atom is -0.495 e. The summed E-state index contributed by atoms with van der Waals surface area (Å²) in [6.45, 7) is 3.17. The van der Waals surface area contributed by atoms with Crippen molar-refractivity contribution in [1.29, 1.82) is 0 Å². The Hall–Kier alpha value is -2.58. The van der Waals surface area contributed by atoms with Crippen LogP contribution in [0.4, 0.5) is 10.1 Å². The summed E-state index contributed by atoms with van der Waals surface area (Å²) in [5, 5.41) is 3.55. The Bertz CT molecular complexity index is 1090. The normalized spacial score (nSPS) is 15.3. The van der Waals surface area contributed by atoms with Crippen molar-refractivity contribution in [3.05, 3.63) is 54.5 Å². The molecule has 2 aromatic carbocycles. The summed E-state index contributed by atoms with van der Waals surface area (Å²) >= 11 is 0. The quantitative estimate of drug-likeness (QED) is 0.743. The molecule has 8 heteroatoms. The Balaban J connectivity index is 1.82. The smallest absolute Gasteiger partial charge is 0.268 e. The molecule has 1 aliphatic rings. The summed E-state index contributed by atoms with van der Waals surface area (Å²) in [4.78, 5) is 2.24. The van der Waals surface area contributed by atoms with Crippen molar-refractivity contribution < 1.29 is 17.5 Å². The first kappa shape index (κ1) is 17.8. The van der Waals surface area contributed by atoms with Crippen molar-refractivity contribution in [2.75, 3.05) is 38.2 Å². The van der Waals surface area contributed by atoms with Gasteiger partial charge in [-0.3, -0.25) is 0 Å². The van der Waals surface area contributed by atoms with Gasteiger partial charge in [-0.2, -0.15) is 0 Å². The van der Waals surface area contributed by atoms with Crippen LogP contribution in [0.15, 0.2) is 53.6 Å². The first-order chi connectivity index (χ1) is 13.0. The molecule has 6 nitrogen and oxygen atoms in total. The van der Waals surface area contributed by atoms with Gasteiger partial charge in [-0.25, -0.2) is 16.8 Å². The van der Waals surface area contributed by atoms with E-state index < -0.39 is 15.8 Å². The molecule has 1 aromatic heterocycles. The largest absolute Gasteiger partial charge is 0.495 e. The summed E-state index contributed by atoms with van der Waals surface area (Å²) in [6.07, 6.45) is 1.39. The molecule has 2 heterocycles. The number of nitrogens with zero attached hydrogens (tertiary/aromatic N) is 2. The molecule has 4 rings (SSSR count). The number of halogens is 1. The summed E-state index contributed by atoms with van der Waals surface area (Å²) in [6, 6.07) is 10.7. The zero-order valence-corrected chi connectivity index (χ0v) is 15.7. The van der Waals surface area contributed by atoms with Crippen molar-refractivity contribution in [3.8, 4) is 5.75 Å². The van der Waals surface area contributed by atoms with E-state index in [1.165, 1.54) is 30.5 Å². The number of rotatable bonds is 4. The fraction of sp³-hybridized carbons (Fsp3) is 0.263. The topological polar surface area (TPSA) is 63.6 Å². The van der Waals surface area contributed by atoms with Gasteiger partial charge in [0.1, 0.15) is 11.6 Å². The van der Waals surface area contributed by atoms with Gasteiger partial charge in [0, 0.05) is 37.8 Å². The third-order valence-corrected chi connectivity index (χ3v) is 6.49. The highest BCUT2D eigenvalue weighted by Crippen LogP contribution is 2.33. The van der Waals surface area contributed by atoms with E-state index in [2.05, 4.69) is 10.2 Å². The second-order valence-electron chi connectivity index (χ2n) is 6.36. The molecule has 0 unspecified atom stereocenters. The van der Waals surface area contributed by atoms with E-state index in [0.29, 0.717) is 11.3 Å². The molecule has 0 spiro atoms. The molecule has 0 amide bonds. The molecule has 0 saturated carbocycles. The van der Waals surface area contributed by atoms with E-state index in [1.807, 2.05) is 0 Å². The lowest BCUT2D eigenvalue weighted by atomic mass is 10.2. The average Bonchev–Trinajstić information content (AvgIpc) is 3.14. The standard InChI is InChI=1S/C19H20FN3O3S/c1-26-19-6-5-14(13-18(19)22-11-8-21-9-12-22)27(24,25)23-10-7-15-16(20)3-2-4-17(15)23/h2-7,10,13,21H,8-9,11-12H2,1H3. The van der Waals surface area contributed by atoms with Gasteiger partial charge in [0.2, 0.25) is 0 Å². The lowest BCUT2D eigenvalue weighted by Gasteiger charge is -2.30. The number of hydrogen-bond acceptors (Lipinski definition) is 5. The molecule has 1 N–H and O–H groups in total.